The Kier molecular flexibility index (Phi) is 5.30. The number of para-hydroxylation sites is 1. The summed E-state index contributed by atoms with van der Waals surface area (Å²) in [6, 6.07) is 14.9. The molecular formula is C22H25N3O3. The van der Waals surface area contributed by atoms with Crippen molar-refractivity contribution in [2.75, 3.05) is 30.8 Å². The highest BCUT2D eigenvalue weighted by Crippen LogP contribution is 2.33. The first-order valence-corrected chi connectivity index (χ1v) is 9.73. The smallest absolute Gasteiger partial charge is 0.232 e. The summed E-state index contributed by atoms with van der Waals surface area (Å²) in [5.74, 6) is 0.0158. The Hall–Kier alpha value is -2.86. The average molecular weight is 379 g/mol. The number of benzene rings is 2. The zero-order valence-electron chi connectivity index (χ0n) is 16.0. The van der Waals surface area contributed by atoms with Gasteiger partial charge in [-0.2, -0.15) is 0 Å². The summed E-state index contributed by atoms with van der Waals surface area (Å²) in [5, 5.41) is 5.75. The lowest BCUT2D eigenvalue weighted by Crippen LogP contribution is -2.35. The van der Waals surface area contributed by atoms with Gasteiger partial charge < -0.3 is 20.3 Å². The molecule has 2 aromatic rings. The van der Waals surface area contributed by atoms with Crippen molar-refractivity contribution in [1.29, 1.82) is 0 Å². The Morgan fingerprint density at radius 2 is 1.82 bits per heavy atom. The first-order chi connectivity index (χ1) is 13.6. The number of rotatable bonds is 4. The maximum Gasteiger partial charge on any atom is 0.232 e. The Morgan fingerprint density at radius 1 is 1.11 bits per heavy atom. The predicted octanol–water partition coefficient (Wildman–Crippen LogP) is 3.22. The van der Waals surface area contributed by atoms with Gasteiger partial charge in [-0.15, -0.1) is 0 Å². The molecule has 2 amide bonds. The quantitative estimate of drug-likeness (QED) is 0.856. The zero-order chi connectivity index (χ0) is 19.5. The Labute approximate surface area is 164 Å². The van der Waals surface area contributed by atoms with Crippen LogP contribution in [0.3, 0.4) is 0 Å². The zero-order valence-corrected chi connectivity index (χ0v) is 16.0. The van der Waals surface area contributed by atoms with E-state index in [4.69, 9.17) is 4.74 Å². The normalized spacial score (nSPS) is 20.2. The molecule has 2 aromatic carbocycles. The molecule has 1 fully saturated rings. The summed E-state index contributed by atoms with van der Waals surface area (Å²) < 4.78 is 6.05. The number of hydrogen-bond donors (Lipinski definition) is 2. The van der Waals surface area contributed by atoms with Crippen LogP contribution in [0.1, 0.15) is 30.7 Å². The van der Waals surface area contributed by atoms with Gasteiger partial charge in [0.05, 0.1) is 5.92 Å². The number of hydrogen-bond acceptors (Lipinski definition) is 4. The number of carbonyl (C=O) groups excluding carboxylic acids is 2. The van der Waals surface area contributed by atoms with E-state index in [2.05, 4.69) is 22.6 Å². The highest BCUT2D eigenvalue weighted by Gasteiger charge is 2.30. The molecule has 146 valence electrons. The van der Waals surface area contributed by atoms with Crippen LogP contribution in [0.4, 0.5) is 11.4 Å². The van der Waals surface area contributed by atoms with Gasteiger partial charge in [-0.3, -0.25) is 9.59 Å². The van der Waals surface area contributed by atoms with Crippen LogP contribution >= 0.6 is 0 Å². The van der Waals surface area contributed by atoms with E-state index in [9.17, 15) is 9.59 Å². The molecule has 0 aromatic heterocycles. The van der Waals surface area contributed by atoms with Crippen molar-refractivity contribution in [3.8, 4) is 5.75 Å². The van der Waals surface area contributed by atoms with Crippen molar-refractivity contribution in [3.05, 3.63) is 54.1 Å². The molecule has 4 rings (SSSR count). The molecule has 1 unspecified atom stereocenters. The molecule has 2 aliphatic rings. The van der Waals surface area contributed by atoms with Gasteiger partial charge in [0.15, 0.2) is 0 Å². The molecule has 6 heteroatoms. The van der Waals surface area contributed by atoms with Gasteiger partial charge in [-0.05, 0) is 55.8 Å². The van der Waals surface area contributed by atoms with Crippen LogP contribution in [0.25, 0.3) is 0 Å². The molecule has 0 saturated carbocycles. The van der Waals surface area contributed by atoms with Gasteiger partial charge in [-0.25, -0.2) is 0 Å². The minimum atomic E-state index is -0.486. The molecule has 6 nitrogen and oxygen atoms in total. The van der Waals surface area contributed by atoms with Crippen LogP contribution in [0, 0.1) is 0 Å². The Morgan fingerprint density at radius 3 is 2.57 bits per heavy atom. The third kappa shape index (κ3) is 4.17. The third-order valence-corrected chi connectivity index (χ3v) is 5.41. The fourth-order valence-corrected chi connectivity index (χ4v) is 3.79. The lowest BCUT2D eigenvalue weighted by atomic mass is 9.90. The molecule has 0 spiro atoms. The largest absolute Gasteiger partial charge is 0.490 e. The molecule has 2 aliphatic heterocycles. The summed E-state index contributed by atoms with van der Waals surface area (Å²) in [6.07, 6.45) is 2.45. The Balaban J connectivity index is 1.39. The standard InChI is InChI=1S/C22H25N3O3/c1-25-12-10-17(11-13-25)28-16-8-6-15(7-9-16)23-22(27)19-14-21(26)24-20-5-3-2-4-18(19)20/h2-9,17,19H,10-14H2,1H3,(H,23,27)(H,24,26). The van der Waals surface area contributed by atoms with E-state index in [-0.39, 0.29) is 24.3 Å². The molecule has 2 N–H and O–H groups in total. The molecule has 0 bridgehead atoms. The molecule has 1 saturated heterocycles. The maximum absolute atomic E-state index is 12.8. The van der Waals surface area contributed by atoms with Crippen molar-refractivity contribution in [1.82, 2.24) is 4.90 Å². The monoisotopic (exact) mass is 379 g/mol. The minimum Gasteiger partial charge on any atom is -0.490 e. The van der Waals surface area contributed by atoms with Gasteiger partial charge in [-0.1, -0.05) is 18.2 Å². The molecular weight excluding hydrogens is 354 g/mol. The first kappa shape index (κ1) is 18.5. The van der Waals surface area contributed by atoms with Crippen LogP contribution in [-0.2, 0) is 9.59 Å². The van der Waals surface area contributed by atoms with Gasteiger partial charge >= 0.3 is 0 Å². The SMILES string of the molecule is CN1CCC(Oc2ccc(NC(=O)C3CC(=O)Nc4ccccc43)cc2)CC1. The van der Waals surface area contributed by atoms with Crippen molar-refractivity contribution in [3.63, 3.8) is 0 Å². The van der Waals surface area contributed by atoms with Gasteiger partial charge in [0.2, 0.25) is 11.8 Å². The lowest BCUT2D eigenvalue weighted by Gasteiger charge is -2.29. The molecule has 28 heavy (non-hydrogen) atoms. The fourth-order valence-electron chi connectivity index (χ4n) is 3.79. The highest BCUT2D eigenvalue weighted by atomic mass is 16.5. The van der Waals surface area contributed by atoms with Crippen molar-refractivity contribution >= 4 is 23.2 Å². The second-order valence-electron chi connectivity index (χ2n) is 7.53. The number of fused-ring (bicyclic) bond motifs is 1. The second kappa shape index (κ2) is 8.02. The summed E-state index contributed by atoms with van der Waals surface area (Å²) in [6.45, 7) is 2.10. The second-order valence-corrected chi connectivity index (χ2v) is 7.53. The van der Waals surface area contributed by atoms with E-state index in [0.717, 1.165) is 37.2 Å². The molecule has 1 atom stereocenters. The van der Waals surface area contributed by atoms with Crippen LogP contribution in [0.2, 0.25) is 0 Å². The molecule has 2 heterocycles. The first-order valence-electron chi connectivity index (χ1n) is 9.73. The molecule has 0 radical (unpaired) electrons. The number of nitrogens with one attached hydrogen (secondary N) is 2. The van der Waals surface area contributed by atoms with Crippen molar-refractivity contribution < 1.29 is 14.3 Å². The van der Waals surface area contributed by atoms with Crippen LogP contribution < -0.4 is 15.4 Å². The van der Waals surface area contributed by atoms with E-state index in [1.807, 2.05) is 48.5 Å². The third-order valence-electron chi connectivity index (χ3n) is 5.41. The summed E-state index contributed by atoms with van der Waals surface area (Å²) in [7, 11) is 2.13. The lowest BCUT2D eigenvalue weighted by molar-refractivity contribution is -0.123. The van der Waals surface area contributed by atoms with E-state index in [0.29, 0.717) is 11.4 Å². The maximum atomic E-state index is 12.8. The average Bonchev–Trinajstić information content (AvgIpc) is 2.70. The van der Waals surface area contributed by atoms with Crippen LogP contribution in [0.15, 0.2) is 48.5 Å². The molecule has 0 aliphatic carbocycles. The van der Waals surface area contributed by atoms with Crippen LogP contribution in [0.5, 0.6) is 5.75 Å². The van der Waals surface area contributed by atoms with Gasteiger partial charge in [0.1, 0.15) is 11.9 Å². The summed E-state index contributed by atoms with van der Waals surface area (Å²) >= 11 is 0. The fraction of sp³-hybridized carbons (Fsp3) is 0.364. The number of amides is 2. The number of nitrogens with zero attached hydrogens (tertiary/aromatic N) is 1. The number of piperidine rings is 1. The van der Waals surface area contributed by atoms with Crippen molar-refractivity contribution in [2.45, 2.75) is 31.3 Å². The Bertz CT molecular complexity index is 858. The van der Waals surface area contributed by atoms with Crippen molar-refractivity contribution in [2.24, 2.45) is 0 Å². The number of likely N-dealkylation sites (tertiary alicyclic amines) is 1. The minimum absolute atomic E-state index is 0.138. The number of carbonyl (C=O) groups is 2. The van der Waals surface area contributed by atoms with Crippen LogP contribution in [-0.4, -0.2) is 43.0 Å². The topological polar surface area (TPSA) is 70.7 Å². The van der Waals surface area contributed by atoms with Gasteiger partial charge in [0.25, 0.3) is 0 Å². The summed E-state index contributed by atoms with van der Waals surface area (Å²) in [4.78, 5) is 27.0. The summed E-state index contributed by atoms with van der Waals surface area (Å²) in [5.41, 5.74) is 2.26. The van der Waals surface area contributed by atoms with E-state index >= 15 is 0 Å². The highest BCUT2D eigenvalue weighted by molar-refractivity contribution is 6.05. The van der Waals surface area contributed by atoms with Gasteiger partial charge in [0, 0.05) is 30.9 Å². The van der Waals surface area contributed by atoms with E-state index < -0.39 is 5.92 Å². The van der Waals surface area contributed by atoms with E-state index in [1.165, 1.54) is 0 Å². The predicted molar refractivity (Wildman–Crippen MR) is 109 cm³/mol. The number of ether oxygens (including phenoxy) is 1. The van der Waals surface area contributed by atoms with E-state index in [1.54, 1.807) is 0 Å². The number of anilines is 2.